The van der Waals surface area contributed by atoms with Gasteiger partial charge in [0.2, 0.25) is 0 Å². The van der Waals surface area contributed by atoms with Crippen LogP contribution in [0.5, 0.6) is 0 Å². The lowest BCUT2D eigenvalue weighted by Crippen LogP contribution is -2.35. The Morgan fingerprint density at radius 2 is 2.29 bits per heavy atom. The summed E-state index contributed by atoms with van der Waals surface area (Å²) in [7, 11) is 1.33. The molecule has 0 bridgehead atoms. The van der Waals surface area contributed by atoms with Gasteiger partial charge in [0.15, 0.2) is 0 Å². The van der Waals surface area contributed by atoms with Crippen LogP contribution in [0.4, 0.5) is 0 Å². The van der Waals surface area contributed by atoms with Crippen LogP contribution in [0.2, 0.25) is 5.02 Å². The number of hydrogen-bond acceptors (Lipinski definition) is 3. The van der Waals surface area contributed by atoms with Crippen molar-refractivity contribution in [3.8, 4) is 0 Å². The monoisotopic (exact) mass is 252 g/mol. The zero-order valence-electron chi connectivity index (χ0n) is 9.39. The quantitative estimate of drug-likeness (QED) is 0.848. The first kappa shape index (κ1) is 12.0. The number of esters is 1. The summed E-state index contributed by atoms with van der Waals surface area (Å²) < 4.78 is 6.50. The predicted molar refractivity (Wildman–Crippen MR) is 66.9 cm³/mol. The lowest BCUT2D eigenvalue weighted by atomic mass is 10.2. The molecular formula is C12H13ClN2O2. The molecule has 17 heavy (non-hydrogen) atoms. The number of carbonyl (C=O) groups is 1. The SMILES string of the molecule is COC(=O)C(N)Cn1ccc2cc(Cl)ccc21. The number of hydrogen-bond donors (Lipinski definition) is 1. The summed E-state index contributed by atoms with van der Waals surface area (Å²) in [6.07, 6.45) is 1.88. The second-order valence-electron chi connectivity index (χ2n) is 3.80. The molecule has 1 atom stereocenters. The van der Waals surface area contributed by atoms with E-state index in [0.29, 0.717) is 11.6 Å². The number of fused-ring (bicyclic) bond motifs is 1. The smallest absolute Gasteiger partial charge is 0.324 e. The van der Waals surface area contributed by atoms with E-state index in [1.807, 2.05) is 35.0 Å². The molecule has 1 heterocycles. The number of halogens is 1. The van der Waals surface area contributed by atoms with Gasteiger partial charge in [-0.2, -0.15) is 0 Å². The number of nitrogens with two attached hydrogens (primary N) is 1. The highest BCUT2D eigenvalue weighted by atomic mass is 35.5. The Hall–Kier alpha value is -1.52. The maximum atomic E-state index is 11.2. The molecule has 2 aromatic rings. The van der Waals surface area contributed by atoms with Crippen LogP contribution < -0.4 is 5.73 Å². The highest BCUT2D eigenvalue weighted by Crippen LogP contribution is 2.20. The van der Waals surface area contributed by atoms with Crippen molar-refractivity contribution >= 4 is 28.5 Å². The molecule has 5 heteroatoms. The first-order valence-corrected chi connectivity index (χ1v) is 5.57. The summed E-state index contributed by atoms with van der Waals surface area (Å²) >= 11 is 5.90. The van der Waals surface area contributed by atoms with Crippen LogP contribution in [0.15, 0.2) is 30.5 Å². The third kappa shape index (κ3) is 2.43. The fourth-order valence-corrected chi connectivity index (χ4v) is 1.95. The lowest BCUT2D eigenvalue weighted by Gasteiger charge is -2.11. The Bertz CT molecular complexity index is 550. The van der Waals surface area contributed by atoms with E-state index in [-0.39, 0.29) is 0 Å². The highest BCUT2D eigenvalue weighted by Gasteiger charge is 2.15. The highest BCUT2D eigenvalue weighted by molar-refractivity contribution is 6.31. The molecule has 0 saturated carbocycles. The van der Waals surface area contributed by atoms with Crippen LogP contribution in [0.25, 0.3) is 10.9 Å². The minimum Gasteiger partial charge on any atom is -0.468 e. The van der Waals surface area contributed by atoms with Crippen LogP contribution in [0, 0.1) is 0 Å². The van der Waals surface area contributed by atoms with Crippen LogP contribution in [0.1, 0.15) is 0 Å². The summed E-state index contributed by atoms with van der Waals surface area (Å²) in [6, 6.07) is 6.86. The van der Waals surface area contributed by atoms with E-state index in [1.54, 1.807) is 0 Å². The number of nitrogens with zero attached hydrogens (tertiary/aromatic N) is 1. The van der Waals surface area contributed by atoms with E-state index in [4.69, 9.17) is 17.3 Å². The Labute approximate surface area is 104 Å². The standard InChI is InChI=1S/C12H13ClN2O2/c1-17-12(16)10(14)7-15-5-4-8-6-9(13)2-3-11(8)15/h2-6,10H,7,14H2,1H3. The summed E-state index contributed by atoms with van der Waals surface area (Å²) in [5, 5.41) is 1.71. The van der Waals surface area contributed by atoms with Gasteiger partial charge in [0, 0.05) is 28.7 Å². The minimum atomic E-state index is -0.661. The zero-order chi connectivity index (χ0) is 12.4. The van der Waals surface area contributed by atoms with E-state index < -0.39 is 12.0 Å². The molecule has 1 unspecified atom stereocenters. The second kappa shape index (κ2) is 4.77. The van der Waals surface area contributed by atoms with Crippen molar-refractivity contribution < 1.29 is 9.53 Å². The van der Waals surface area contributed by atoms with Gasteiger partial charge in [-0.3, -0.25) is 4.79 Å². The number of benzene rings is 1. The Kier molecular flexibility index (Phi) is 3.36. The van der Waals surface area contributed by atoms with Crippen molar-refractivity contribution in [3.05, 3.63) is 35.5 Å². The molecule has 90 valence electrons. The Morgan fingerprint density at radius 3 is 3.00 bits per heavy atom. The number of carbonyl (C=O) groups excluding carboxylic acids is 1. The van der Waals surface area contributed by atoms with E-state index >= 15 is 0 Å². The lowest BCUT2D eigenvalue weighted by molar-refractivity contribution is -0.142. The molecule has 4 nitrogen and oxygen atoms in total. The largest absolute Gasteiger partial charge is 0.468 e. The van der Waals surface area contributed by atoms with Crippen molar-refractivity contribution in [2.24, 2.45) is 5.73 Å². The zero-order valence-corrected chi connectivity index (χ0v) is 10.1. The fourth-order valence-electron chi connectivity index (χ4n) is 1.77. The van der Waals surface area contributed by atoms with Gasteiger partial charge < -0.3 is 15.0 Å². The van der Waals surface area contributed by atoms with Gasteiger partial charge in [-0.1, -0.05) is 11.6 Å². The average Bonchev–Trinajstić information content (AvgIpc) is 2.70. The third-order valence-electron chi connectivity index (χ3n) is 2.63. The molecule has 2 N–H and O–H groups in total. The normalized spacial score (nSPS) is 12.6. The van der Waals surface area contributed by atoms with Crippen LogP contribution in [-0.2, 0) is 16.1 Å². The number of aromatic nitrogens is 1. The molecule has 1 aromatic heterocycles. The molecule has 2 rings (SSSR count). The van der Waals surface area contributed by atoms with Crippen LogP contribution >= 0.6 is 11.6 Å². The topological polar surface area (TPSA) is 57.2 Å². The maximum Gasteiger partial charge on any atom is 0.324 e. The van der Waals surface area contributed by atoms with Gasteiger partial charge >= 0.3 is 5.97 Å². The van der Waals surface area contributed by atoms with Gasteiger partial charge in [0.05, 0.1) is 7.11 Å². The van der Waals surface area contributed by atoms with Gasteiger partial charge in [-0.15, -0.1) is 0 Å². The molecule has 0 aliphatic rings. The summed E-state index contributed by atoms with van der Waals surface area (Å²) in [5.74, 6) is -0.416. The number of methoxy groups -OCH3 is 1. The second-order valence-corrected chi connectivity index (χ2v) is 4.24. The maximum absolute atomic E-state index is 11.2. The van der Waals surface area contributed by atoms with E-state index in [0.717, 1.165) is 10.9 Å². The van der Waals surface area contributed by atoms with E-state index in [2.05, 4.69) is 4.74 Å². The minimum absolute atomic E-state index is 0.387. The molecule has 0 radical (unpaired) electrons. The first-order valence-electron chi connectivity index (χ1n) is 5.19. The van der Waals surface area contributed by atoms with Crippen molar-refractivity contribution in [1.82, 2.24) is 4.57 Å². The molecule has 0 saturated heterocycles. The molecule has 0 spiro atoms. The van der Waals surface area contributed by atoms with E-state index in [9.17, 15) is 4.79 Å². The van der Waals surface area contributed by atoms with Crippen LogP contribution in [0.3, 0.4) is 0 Å². The molecule has 0 fully saturated rings. The molecule has 0 aliphatic heterocycles. The summed E-state index contributed by atoms with van der Waals surface area (Å²) in [6.45, 7) is 0.387. The molecule has 0 aliphatic carbocycles. The number of rotatable bonds is 3. The van der Waals surface area contributed by atoms with Gasteiger partial charge in [-0.25, -0.2) is 0 Å². The molecule has 1 aromatic carbocycles. The van der Waals surface area contributed by atoms with Crippen molar-refractivity contribution in [2.75, 3.05) is 7.11 Å². The predicted octanol–water partition coefficient (Wildman–Crippen LogP) is 1.79. The van der Waals surface area contributed by atoms with Gasteiger partial charge in [0.25, 0.3) is 0 Å². The fraction of sp³-hybridized carbons (Fsp3) is 0.250. The van der Waals surface area contributed by atoms with Crippen molar-refractivity contribution in [1.29, 1.82) is 0 Å². The van der Waals surface area contributed by atoms with E-state index in [1.165, 1.54) is 7.11 Å². The van der Waals surface area contributed by atoms with Crippen molar-refractivity contribution in [2.45, 2.75) is 12.6 Å². The first-order chi connectivity index (χ1) is 8.11. The number of ether oxygens (including phenoxy) is 1. The average molecular weight is 253 g/mol. The van der Waals surface area contributed by atoms with Crippen molar-refractivity contribution in [3.63, 3.8) is 0 Å². The molecular weight excluding hydrogens is 240 g/mol. The summed E-state index contributed by atoms with van der Waals surface area (Å²) in [4.78, 5) is 11.2. The van der Waals surface area contributed by atoms with Gasteiger partial charge in [-0.05, 0) is 24.3 Å². The van der Waals surface area contributed by atoms with Crippen LogP contribution in [-0.4, -0.2) is 23.7 Å². The Morgan fingerprint density at radius 1 is 1.53 bits per heavy atom. The van der Waals surface area contributed by atoms with Gasteiger partial charge in [0.1, 0.15) is 6.04 Å². The molecule has 0 amide bonds. The summed E-state index contributed by atoms with van der Waals surface area (Å²) in [5.41, 5.74) is 6.71. The Balaban J connectivity index is 2.28. The third-order valence-corrected chi connectivity index (χ3v) is 2.87.